The minimum Gasteiger partial charge on any atom is -0.224 e. The van der Waals surface area contributed by atoms with Crippen LogP contribution in [0.2, 0.25) is 0 Å². The van der Waals surface area contributed by atoms with Crippen molar-refractivity contribution >= 4 is 35.1 Å². The molecule has 0 bridgehead atoms. The van der Waals surface area contributed by atoms with Crippen LogP contribution in [0.15, 0.2) is 22.8 Å². The molecular weight excluding hydrogens is 205 g/mol. The molecule has 0 spiro atoms. The highest BCUT2D eigenvalue weighted by Crippen LogP contribution is 2.08. The van der Waals surface area contributed by atoms with E-state index >= 15 is 0 Å². The van der Waals surface area contributed by atoms with Crippen LogP contribution in [0.4, 0.5) is 0 Å². The lowest BCUT2D eigenvalue weighted by Crippen LogP contribution is -2.06. The molecule has 0 atom stereocenters. The van der Waals surface area contributed by atoms with Gasteiger partial charge in [0.05, 0.1) is 5.72 Å². The summed E-state index contributed by atoms with van der Waals surface area (Å²) in [4.78, 5) is 3.97. The van der Waals surface area contributed by atoms with Gasteiger partial charge < -0.3 is 0 Å². The number of nitrogens with zero attached hydrogens (tertiary/aromatic N) is 3. The lowest BCUT2D eigenvalue weighted by atomic mass is 10.1. The molecule has 0 aromatic carbocycles. The van der Waals surface area contributed by atoms with Crippen LogP contribution in [0.3, 0.4) is 0 Å². The van der Waals surface area contributed by atoms with Gasteiger partial charge in [-0.2, -0.15) is 5.10 Å². The molecule has 0 aliphatic carbocycles. The van der Waals surface area contributed by atoms with Gasteiger partial charge in [0.2, 0.25) is 0 Å². The zero-order valence-corrected chi connectivity index (χ0v) is 7.12. The number of rotatable bonds is 0. The number of aromatic nitrogens is 3. The van der Waals surface area contributed by atoms with Gasteiger partial charge in [-0.05, 0) is 28.1 Å². The third kappa shape index (κ3) is 1.05. The number of hydrogen-bond donors (Lipinski definition) is 0. The predicted molar refractivity (Wildman–Crippen MR) is 46.1 cm³/mol. The Labute approximate surface area is 73.0 Å². The summed E-state index contributed by atoms with van der Waals surface area (Å²) in [5, 5.41) is 3.95. The van der Waals surface area contributed by atoms with Crippen LogP contribution < -0.4 is 5.72 Å². The Balaban J connectivity index is 2.90. The molecule has 3 nitrogen and oxygen atoms in total. The van der Waals surface area contributed by atoms with Crippen LogP contribution in [-0.2, 0) is 0 Å². The molecule has 11 heavy (non-hydrogen) atoms. The van der Waals surface area contributed by atoms with Crippen molar-refractivity contribution in [3.05, 3.63) is 22.8 Å². The van der Waals surface area contributed by atoms with Crippen LogP contribution in [0.25, 0.3) is 5.65 Å². The molecule has 0 saturated heterocycles. The largest absolute Gasteiger partial charge is 0.224 e. The van der Waals surface area contributed by atoms with E-state index in [0.717, 1.165) is 10.3 Å². The van der Waals surface area contributed by atoms with Gasteiger partial charge in [0.15, 0.2) is 13.5 Å². The molecule has 0 fully saturated rings. The Morgan fingerprint density at radius 1 is 1.45 bits per heavy atom. The second-order valence-corrected chi connectivity index (χ2v) is 2.90. The van der Waals surface area contributed by atoms with Gasteiger partial charge in [-0.25, -0.2) is 9.50 Å². The first-order valence-corrected chi connectivity index (χ1v) is 3.83. The first kappa shape index (κ1) is 6.85. The van der Waals surface area contributed by atoms with Crippen LogP contribution in [0, 0.1) is 0 Å². The molecule has 0 amide bonds. The Morgan fingerprint density at radius 3 is 3.00 bits per heavy atom. The summed E-state index contributed by atoms with van der Waals surface area (Å²) in [6, 6.07) is 5.60. The van der Waals surface area contributed by atoms with Crippen LogP contribution in [0.1, 0.15) is 0 Å². The van der Waals surface area contributed by atoms with Gasteiger partial charge in [-0.3, -0.25) is 0 Å². The average Bonchev–Trinajstić information content (AvgIpc) is 2.31. The summed E-state index contributed by atoms with van der Waals surface area (Å²) in [7, 11) is 5.40. The van der Waals surface area contributed by atoms with Crippen molar-refractivity contribution in [1.29, 1.82) is 0 Å². The Kier molecular flexibility index (Phi) is 1.46. The summed E-state index contributed by atoms with van der Waals surface area (Å²) >= 11 is 3.32. The van der Waals surface area contributed by atoms with E-state index in [4.69, 9.17) is 7.85 Å². The van der Waals surface area contributed by atoms with Crippen molar-refractivity contribution in [3.63, 3.8) is 0 Å². The zero-order chi connectivity index (χ0) is 7.84. The molecule has 0 unspecified atom stereocenters. The highest BCUT2D eigenvalue weighted by Gasteiger charge is 1.99. The monoisotopic (exact) mass is 207 g/mol. The van der Waals surface area contributed by atoms with E-state index in [0.29, 0.717) is 0 Å². The number of halogens is 1. The highest BCUT2D eigenvalue weighted by molar-refractivity contribution is 9.10. The maximum absolute atomic E-state index is 5.40. The normalized spacial score (nSPS) is 10.6. The third-order valence-corrected chi connectivity index (χ3v) is 1.93. The SMILES string of the molecule is [B]c1nc2cccc(Br)n2n1. The Bertz CT molecular complexity index is 398. The van der Waals surface area contributed by atoms with Gasteiger partial charge in [0, 0.05) is 0 Å². The van der Waals surface area contributed by atoms with E-state index in [1.807, 2.05) is 18.2 Å². The first-order valence-electron chi connectivity index (χ1n) is 3.04. The molecule has 2 aromatic rings. The topological polar surface area (TPSA) is 30.2 Å². The molecule has 0 aliphatic rings. The van der Waals surface area contributed by atoms with E-state index in [1.54, 1.807) is 4.52 Å². The fourth-order valence-corrected chi connectivity index (χ4v) is 1.30. The predicted octanol–water partition coefficient (Wildman–Crippen LogP) is 0.286. The van der Waals surface area contributed by atoms with Crippen molar-refractivity contribution in [1.82, 2.24) is 14.6 Å². The van der Waals surface area contributed by atoms with E-state index in [2.05, 4.69) is 26.0 Å². The van der Waals surface area contributed by atoms with Crippen LogP contribution in [-0.4, -0.2) is 22.4 Å². The lowest BCUT2D eigenvalue weighted by molar-refractivity contribution is 0.949. The standard InChI is InChI=1S/C6H3BBrN3/c7-6-9-5-3-1-2-4(8)11(5)10-6/h1-3H. The van der Waals surface area contributed by atoms with Gasteiger partial charge in [0.1, 0.15) is 4.60 Å². The highest BCUT2D eigenvalue weighted by atomic mass is 79.9. The maximum Gasteiger partial charge on any atom is 0.173 e. The molecule has 2 radical (unpaired) electrons. The summed E-state index contributed by atoms with van der Waals surface area (Å²) < 4.78 is 2.48. The van der Waals surface area contributed by atoms with E-state index in [1.165, 1.54) is 0 Å². The summed E-state index contributed by atoms with van der Waals surface area (Å²) in [5.74, 6) is 0. The first-order chi connectivity index (χ1) is 5.27. The smallest absolute Gasteiger partial charge is 0.173 e. The quantitative estimate of drug-likeness (QED) is 0.459. The molecule has 52 valence electrons. The minimum atomic E-state index is 0.289. The summed E-state index contributed by atoms with van der Waals surface area (Å²) in [6.45, 7) is 0. The Hall–Kier alpha value is -0.835. The van der Waals surface area contributed by atoms with Crippen molar-refractivity contribution < 1.29 is 0 Å². The van der Waals surface area contributed by atoms with E-state index in [9.17, 15) is 0 Å². The van der Waals surface area contributed by atoms with Crippen molar-refractivity contribution in [2.75, 3.05) is 0 Å². The van der Waals surface area contributed by atoms with Gasteiger partial charge in [-0.15, -0.1) is 0 Å². The number of hydrogen-bond acceptors (Lipinski definition) is 2. The van der Waals surface area contributed by atoms with Crippen LogP contribution >= 0.6 is 15.9 Å². The Morgan fingerprint density at radius 2 is 2.27 bits per heavy atom. The molecule has 2 aromatic heterocycles. The zero-order valence-electron chi connectivity index (χ0n) is 5.53. The molecule has 2 heterocycles. The van der Waals surface area contributed by atoms with Gasteiger partial charge in [-0.1, -0.05) is 6.07 Å². The molecule has 0 aliphatic heterocycles. The van der Waals surface area contributed by atoms with Crippen molar-refractivity contribution in [2.24, 2.45) is 0 Å². The second kappa shape index (κ2) is 2.34. The molecule has 5 heteroatoms. The lowest BCUT2D eigenvalue weighted by Gasteiger charge is -1.91. The van der Waals surface area contributed by atoms with E-state index < -0.39 is 0 Å². The molecule has 0 saturated carbocycles. The van der Waals surface area contributed by atoms with Crippen molar-refractivity contribution in [2.45, 2.75) is 0 Å². The van der Waals surface area contributed by atoms with Crippen molar-refractivity contribution in [3.8, 4) is 0 Å². The fourth-order valence-electron chi connectivity index (χ4n) is 0.890. The van der Waals surface area contributed by atoms with Gasteiger partial charge in [0.25, 0.3) is 0 Å². The maximum atomic E-state index is 5.40. The van der Waals surface area contributed by atoms with E-state index in [-0.39, 0.29) is 5.72 Å². The molecular formula is C6H3BBrN3. The third-order valence-electron chi connectivity index (χ3n) is 1.33. The van der Waals surface area contributed by atoms with Gasteiger partial charge >= 0.3 is 0 Å². The molecule has 2 rings (SSSR count). The summed E-state index contributed by atoms with van der Waals surface area (Å²) in [6.07, 6.45) is 0. The minimum absolute atomic E-state index is 0.289. The molecule has 0 N–H and O–H groups in total. The summed E-state index contributed by atoms with van der Waals surface area (Å²) in [5.41, 5.74) is 1.04. The number of pyridine rings is 1. The average molecular weight is 208 g/mol. The number of fused-ring (bicyclic) bond motifs is 1. The fraction of sp³-hybridized carbons (Fsp3) is 0. The van der Waals surface area contributed by atoms with Crippen LogP contribution in [0.5, 0.6) is 0 Å². The second-order valence-electron chi connectivity index (χ2n) is 2.09.